The summed E-state index contributed by atoms with van der Waals surface area (Å²) in [7, 11) is 1.78. The lowest BCUT2D eigenvalue weighted by molar-refractivity contribution is 0.206. The lowest BCUT2D eigenvalue weighted by Gasteiger charge is -2.35. The minimum atomic E-state index is -0.0489. The van der Waals surface area contributed by atoms with Gasteiger partial charge in [0.15, 0.2) is 0 Å². The van der Waals surface area contributed by atoms with Gasteiger partial charge < -0.3 is 10.0 Å². The Morgan fingerprint density at radius 2 is 2.19 bits per heavy atom. The SMILES string of the molecule is Cc1cccc2c1CN(C)C(=O)N2CCO. The van der Waals surface area contributed by atoms with E-state index < -0.39 is 0 Å². The van der Waals surface area contributed by atoms with Crippen molar-refractivity contribution in [3.8, 4) is 0 Å². The van der Waals surface area contributed by atoms with Gasteiger partial charge in [-0.05, 0) is 24.1 Å². The molecule has 0 fully saturated rings. The standard InChI is InChI=1S/C12H16N2O2/c1-9-4-3-5-11-10(9)8-13(2)12(16)14(11)6-7-15/h3-5,15H,6-8H2,1-2H3. The highest BCUT2D eigenvalue weighted by Crippen LogP contribution is 2.29. The second-order valence-corrected chi connectivity index (χ2v) is 4.09. The Morgan fingerprint density at radius 1 is 1.44 bits per heavy atom. The molecule has 0 saturated heterocycles. The van der Waals surface area contributed by atoms with Crippen LogP contribution in [0.15, 0.2) is 18.2 Å². The second kappa shape index (κ2) is 4.14. The number of β-amino-alcohol motifs (C(OH)–C–C–N with tert-alkyl or cyclic N) is 1. The van der Waals surface area contributed by atoms with Crippen molar-refractivity contribution in [2.75, 3.05) is 25.1 Å². The molecule has 0 saturated carbocycles. The van der Waals surface area contributed by atoms with Crippen LogP contribution < -0.4 is 4.90 Å². The fourth-order valence-corrected chi connectivity index (χ4v) is 2.08. The first-order valence-corrected chi connectivity index (χ1v) is 5.37. The van der Waals surface area contributed by atoms with Crippen molar-refractivity contribution in [1.29, 1.82) is 0 Å². The number of hydrogen-bond acceptors (Lipinski definition) is 2. The quantitative estimate of drug-likeness (QED) is 0.817. The van der Waals surface area contributed by atoms with E-state index in [-0.39, 0.29) is 12.6 Å². The van der Waals surface area contributed by atoms with Crippen molar-refractivity contribution in [3.05, 3.63) is 29.3 Å². The number of fused-ring (bicyclic) bond motifs is 1. The number of rotatable bonds is 2. The molecule has 1 aromatic rings. The monoisotopic (exact) mass is 220 g/mol. The summed E-state index contributed by atoms with van der Waals surface area (Å²) in [5.41, 5.74) is 3.27. The summed E-state index contributed by atoms with van der Waals surface area (Å²) < 4.78 is 0. The molecule has 0 bridgehead atoms. The molecular weight excluding hydrogens is 204 g/mol. The van der Waals surface area contributed by atoms with Crippen molar-refractivity contribution in [3.63, 3.8) is 0 Å². The Morgan fingerprint density at radius 3 is 2.88 bits per heavy atom. The Bertz CT molecular complexity index is 417. The molecule has 0 atom stereocenters. The summed E-state index contributed by atoms with van der Waals surface area (Å²) in [6.07, 6.45) is 0. The zero-order chi connectivity index (χ0) is 11.7. The van der Waals surface area contributed by atoms with Gasteiger partial charge in [-0.3, -0.25) is 4.90 Å². The van der Waals surface area contributed by atoms with E-state index in [1.807, 2.05) is 25.1 Å². The van der Waals surface area contributed by atoms with Crippen molar-refractivity contribution < 1.29 is 9.90 Å². The number of benzene rings is 1. The number of urea groups is 1. The number of aryl methyl sites for hydroxylation is 1. The highest BCUT2D eigenvalue weighted by molar-refractivity contribution is 5.95. The maximum absolute atomic E-state index is 11.9. The molecule has 0 radical (unpaired) electrons. The van der Waals surface area contributed by atoms with Crippen molar-refractivity contribution in [1.82, 2.24) is 4.90 Å². The number of aliphatic hydroxyl groups excluding tert-OH is 1. The van der Waals surface area contributed by atoms with Crippen LogP contribution in [0.2, 0.25) is 0 Å². The van der Waals surface area contributed by atoms with Gasteiger partial charge in [0.25, 0.3) is 0 Å². The second-order valence-electron chi connectivity index (χ2n) is 4.09. The van der Waals surface area contributed by atoms with E-state index in [1.165, 1.54) is 5.56 Å². The minimum Gasteiger partial charge on any atom is -0.395 e. The molecule has 16 heavy (non-hydrogen) atoms. The molecule has 0 aromatic heterocycles. The third-order valence-electron chi connectivity index (χ3n) is 2.95. The van der Waals surface area contributed by atoms with Crippen LogP contribution in [0.4, 0.5) is 10.5 Å². The summed E-state index contributed by atoms with van der Waals surface area (Å²) in [6, 6.07) is 5.87. The fraction of sp³-hybridized carbons (Fsp3) is 0.417. The van der Waals surface area contributed by atoms with E-state index in [0.29, 0.717) is 13.1 Å². The highest BCUT2D eigenvalue weighted by Gasteiger charge is 2.28. The molecule has 2 amide bonds. The molecule has 86 valence electrons. The van der Waals surface area contributed by atoms with E-state index >= 15 is 0 Å². The van der Waals surface area contributed by atoms with E-state index in [2.05, 4.69) is 0 Å². The first-order chi connectivity index (χ1) is 7.65. The van der Waals surface area contributed by atoms with Crippen LogP contribution in [-0.4, -0.2) is 36.2 Å². The van der Waals surface area contributed by atoms with Gasteiger partial charge in [0, 0.05) is 13.6 Å². The fourth-order valence-electron chi connectivity index (χ4n) is 2.08. The zero-order valence-electron chi connectivity index (χ0n) is 9.60. The molecule has 1 aliphatic rings. The largest absolute Gasteiger partial charge is 0.395 e. The predicted octanol–water partition coefficient (Wildman–Crippen LogP) is 1.36. The van der Waals surface area contributed by atoms with Crippen LogP contribution in [-0.2, 0) is 6.54 Å². The molecule has 1 aliphatic heterocycles. The summed E-state index contributed by atoms with van der Waals surface area (Å²) >= 11 is 0. The molecule has 1 N–H and O–H groups in total. The number of carbonyl (C=O) groups excluding carboxylic acids is 1. The van der Waals surface area contributed by atoms with Crippen molar-refractivity contribution >= 4 is 11.7 Å². The van der Waals surface area contributed by atoms with Gasteiger partial charge in [-0.1, -0.05) is 12.1 Å². The molecule has 1 heterocycles. The minimum absolute atomic E-state index is 0.0209. The number of amides is 2. The summed E-state index contributed by atoms with van der Waals surface area (Å²) in [5.74, 6) is 0. The summed E-state index contributed by atoms with van der Waals surface area (Å²) in [6.45, 7) is 3.01. The maximum atomic E-state index is 11.9. The number of carbonyl (C=O) groups is 1. The van der Waals surface area contributed by atoms with Gasteiger partial charge in [-0.2, -0.15) is 0 Å². The van der Waals surface area contributed by atoms with E-state index in [9.17, 15) is 4.79 Å². The molecule has 4 nitrogen and oxygen atoms in total. The average Bonchev–Trinajstić information content (AvgIpc) is 2.26. The molecule has 0 aliphatic carbocycles. The van der Waals surface area contributed by atoms with Crippen LogP contribution in [0.1, 0.15) is 11.1 Å². The Labute approximate surface area is 95.1 Å². The Balaban J connectivity index is 2.48. The van der Waals surface area contributed by atoms with Crippen LogP contribution in [0.25, 0.3) is 0 Å². The highest BCUT2D eigenvalue weighted by atomic mass is 16.3. The normalized spacial score (nSPS) is 15.3. The average molecular weight is 220 g/mol. The number of anilines is 1. The topological polar surface area (TPSA) is 43.8 Å². The molecule has 0 unspecified atom stereocenters. The van der Waals surface area contributed by atoms with Crippen LogP contribution in [0.3, 0.4) is 0 Å². The lowest BCUT2D eigenvalue weighted by Crippen LogP contribution is -2.46. The van der Waals surface area contributed by atoms with Crippen molar-refractivity contribution in [2.24, 2.45) is 0 Å². The number of hydrogen-bond donors (Lipinski definition) is 1. The summed E-state index contributed by atoms with van der Waals surface area (Å²) in [5, 5.41) is 9.01. The zero-order valence-corrected chi connectivity index (χ0v) is 9.60. The lowest BCUT2D eigenvalue weighted by atomic mass is 10.0. The Kier molecular flexibility index (Phi) is 2.83. The molecule has 2 rings (SSSR count). The van der Waals surface area contributed by atoms with Gasteiger partial charge in [0.1, 0.15) is 0 Å². The van der Waals surface area contributed by atoms with Gasteiger partial charge in [-0.15, -0.1) is 0 Å². The van der Waals surface area contributed by atoms with Crippen LogP contribution in [0, 0.1) is 6.92 Å². The van der Waals surface area contributed by atoms with Gasteiger partial charge in [0.05, 0.1) is 18.8 Å². The third-order valence-corrected chi connectivity index (χ3v) is 2.95. The first-order valence-electron chi connectivity index (χ1n) is 5.37. The van der Waals surface area contributed by atoms with E-state index in [0.717, 1.165) is 11.3 Å². The van der Waals surface area contributed by atoms with E-state index in [1.54, 1.807) is 16.8 Å². The predicted molar refractivity (Wildman–Crippen MR) is 62.5 cm³/mol. The van der Waals surface area contributed by atoms with Crippen LogP contribution in [0.5, 0.6) is 0 Å². The number of aliphatic hydroxyl groups is 1. The van der Waals surface area contributed by atoms with Gasteiger partial charge in [-0.25, -0.2) is 4.79 Å². The van der Waals surface area contributed by atoms with Crippen molar-refractivity contribution in [2.45, 2.75) is 13.5 Å². The molecular formula is C12H16N2O2. The molecule has 0 spiro atoms. The molecule has 4 heteroatoms. The molecule has 1 aromatic carbocycles. The smallest absolute Gasteiger partial charge is 0.324 e. The van der Waals surface area contributed by atoms with Gasteiger partial charge >= 0.3 is 6.03 Å². The maximum Gasteiger partial charge on any atom is 0.324 e. The first kappa shape index (κ1) is 11.0. The Hall–Kier alpha value is -1.55. The number of nitrogens with zero attached hydrogens (tertiary/aromatic N) is 2. The van der Waals surface area contributed by atoms with Gasteiger partial charge in [0.2, 0.25) is 0 Å². The third kappa shape index (κ3) is 1.65. The summed E-state index contributed by atoms with van der Waals surface area (Å²) in [4.78, 5) is 15.2. The van der Waals surface area contributed by atoms with Crippen LogP contribution >= 0.6 is 0 Å². The van der Waals surface area contributed by atoms with E-state index in [4.69, 9.17) is 5.11 Å².